The fourth-order valence-electron chi connectivity index (χ4n) is 4.55. The standard InChI is InChI=1S/C25H25N3O5/c1-32-21-6-4-16-11-23(21)33-22-10-15(2-5-20(22)29)3-7-24(30)27-19-14-28(13-18(16)19)25(31)17-8-9-26-12-17/h2,4-6,8-12,18-19,26,29H,3,7,13-14H2,1H3,(H,27,30)/t18-,19+/m0/s1. The highest BCUT2D eigenvalue weighted by Gasteiger charge is 2.38. The van der Waals surface area contributed by atoms with Gasteiger partial charge in [-0.3, -0.25) is 9.59 Å². The molecule has 3 aromatic rings. The van der Waals surface area contributed by atoms with Gasteiger partial charge in [-0.25, -0.2) is 0 Å². The number of carbonyl (C=O) groups excluding carboxylic acids is 2. The third kappa shape index (κ3) is 4.11. The topological polar surface area (TPSA) is 104 Å². The Kier molecular flexibility index (Phi) is 5.42. The second-order valence-electron chi connectivity index (χ2n) is 8.40. The van der Waals surface area contributed by atoms with Crippen LogP contribution in [0.2, 0.25) is 0 Å². The first-order valence-electron chi connectivity index (χ1n) is 10.9. The van der Waals surface area contributed by atoms with Crippen molar-refractivity contribution < 1.29 is 24.2 Å². The smallest absolute Gasteiger partial charge is 0.255 e. The van der Waals surface area contributed by atoms with E-state index >= 15 is 0 Å². The number of rotatable bonds is 2. The van der Waals surface area contributed by atoms with Gasteiger partial charge in [0.15, 0.2) is 23.0 Å². The Morgan fingerprint density at radius 3 is 2.79 bits per heavy atom. The van der Waals surface area contributed by atoms with Crippen molar-refractivity contribution in [2.75, 3.05) is 20.2 Å². The molecule has 0 unspecified atom stereocenters. The number of nitrogens with one attached hydrogen (secondary N) is 2. The summed E-state index contributed by atoms with van der Waals surface area (Å²) in [6.07, 6.45) is 4.19. The molecule has 2 amide bonds. The number of fused-ring (bicyclic) bond motifs is 6. The number of hydrogen-bond donors (Lipinski definition) is 3. The second kappa shape index (κ2) is 8.54. The van der Waals surface area contributed by atoms with Crippen molar-refractivity contribution in [3.05, 3.63) is 71.5 Å². The molecule has 5 rings (SSSR count). The molecule has 0 aliphatic carbocycles. The number of phenolic OH excluding ortho intramolecular Hbond substituents is 1. The van der Waals surface area contributed by atoms with Gasteiger partial charge in [0.1, 0.15) is 0 Å². The van der Waals surface area contributed by atoms with Crippen LogP contribution in [0, 0.1) is 0 Å². The van der Waals surface area contributed by atoms with Crippen molar-refractivity contribution in [1.29, 1.82) is 0 Å². The first-order chi connectivity index (χ1) is 16.0. The van der Waals surface area contributed by atoms with Gasteiger partial charge in [-0.2, -0.15) is 0 Å². The number of likely N-dealkylation sites (tertiary alicyclic amines) is 1. The first-order valence-corrected chi connectivity index (χ1v) is 10.9. The lowest BCUT2D eigenvalue weighted by atomic mass is 9.93. The Balaban J connectivity index is 1.54. The molecule has 0 saturated carbocycles. The second-order valence-corrected chi connectivity index (χ2v) is 8.40. The van der Waals surface area contributed by atoms with Crippen LogP contribution in [0.15, 0.2) is 54.9 Å². The average Bonchev–Trinajstić information content (AvgIpc) is 3.49. The van der Waals surface area contributed by atoms with Crippen LogP contribution in [-0.4, -0.2) is 53.0 Å². The van der Waals surface area contributed by atoms with E-state index in [1.165, 1.54) is 0 Å². The number of ether oxygens (including phenoxy) is 2. The zero-order valence-electron chi connectivity index (χ0n) is 18.2. The minimum absolute atomic E-state index is 0.00699. The number of aromatic nitrogens is 1. The lowest BCUT2D eigenvalue weighted by Gasteiger charge is -2.21. The highest BCUT2D eigenvalue weighted by atomic mass is 16.5. The van der Waals surface area contributed by atoms with Crippen LogP contribution in [0.3, 0.4) is 0 Å². The van der Waals surface area contributed by atoms with E-state index in [4.69, 9.17) is 9.47 Å². The summed E-state index contributed by atoms with van der Waals surface area (Å²) >= 11 is 0. The monoisotopic (exact) mass is 447 g/mol. The number of carbonyl (C=O) groups is 2. The number of phenols is 1. The van der Waals surface area contributed by atoms with Gasteiger partial charge in [-0.05, 0) is 47.9 Å². The molecule has 0 radical (unpaired) electrons. The average molecular weight is 447 g/mol. The van der Waals surface area contributed by atoms with Crippen molar-refractivity contribution in [2.45, 2.75) is 24.8 Å². The summed E-state index contributed by atoms with van der Waals surface area (Å²) < 4.78 is 11.5. The number of hydrogen-bond acceptors (Lipinski definition) is 5. The Bertz CT molecular complexity index is 1190. The Morgan fingerprint density at radius 2 is 2.00 bits per heavy atom. The molecule has 2 aliphatic heterocycles. The van der Waals surface area contributed by atoms with Crippen molar-refractivity contribution in [2.24, 2.45) is 0 Å². The highest BCUT2D eigenvalue weighted by molar-refractivity contribution is 5.94. The Labute approximate surface area is 191 Å². The van der Waals surface area contributed by atoms with E-state index in [0.717, 1.165) is 11.1 Å². The molecule has 2 aromatic carbocycles. The number of benzene rings is 2. The van der Waals surface area contributed by atoms with Gasteiger partial charge >= 0.3 is 0 Å². The third-order valence-corrected chi connectivity index (χ3v) is 6.30. The molecule has 2 aliphatic rings. The zero-order chi connectivity index (χ0) is 22.9. The lowest BCUT2D eigenvalue weighted by Crippen LogP contribution is -2.40. The molecule has 1 fully saturated rings. The fourth-order valence-corrected chi connectivity index (χ4v) is 4.55. The summed E-state index contributed by atoms with van der Waals surface area (Å²) in [5.41, 5.74) is 2.37. The number of nitrogens with zero attached hydrogens (tertiary/aromatic N) is 1. The van der Waals surface area contributed by atoms with E-state index in [9.17, 15) is 14.7 Å². The van der Waals surface area contributed by atoms with Gasteiger partial charge in [0.25, 0.3) is 5.91 Å². The van der Waals surface area contributed by atoms with Gasteiger partial charge in [-0.15, -0.1) is 0 Å². The van der Waals surface area contributed by atoms with Crippen LogP contribution >= 0.6 is 0 Å². The maximum atomic E-state index is 13.0. The summed E-state index contributed by atoms with van der Waals surface area (Å²) in [5, 5.41) is 13.5. The van der Waals surface area contributed by atoms with E-state index in [1.807, 2.05) is 12.1 Å². The van der Waals surface area contributed by atoms with E-state index in [2.05, 4.69) is 10.3 Å². The quantitative estimate of drug-likeness (QED) is 0.560. The van der Waals surface area contributed by atoms with Crippen LogP contribution in [0.5, 0.6) is 23.0 Å². The molecule has 2 atom stereocenters. The van der Waals surface area contributed by atoms with Gasteiger partial charge in [0, 0.05) is 37.8 Å². The molecule has 33 heavy (non-hydrogen) atoms. The van der Waals surface area contributed by atoms with Crippen molar-refractivity contribution in [1.82, 2.24) is 15.2 Å². The largest absolute Gasteiger partial charge is 0.504 e. The molecule has 0 spiro atoms. The van der Waals surface area contributed by atoms with Crippen molar-refractivity contribution >= 4 is 11.8 Å². The Morgan fingerprint density at radius 1 is 1.12 bits per heavy atom. The van der Waals surface area contributed by atoms with E-state index in [-0.39, 0.29) is 29.5 Å². The zero-order valence-corrected chi connectivity index (χ0v) is 18.2. The van der Waals surface area contributed by atoms with Crippen LogP contribution in [0.1, 0.15) is 33.8 Å². The third-order valence-electron chi connectivity index (χ3n) is 6.30. The van der Waals surface area contributed by atoms with Crippen LogP contribution in [0.25, 0.3) is 0 Å². The SMILES string of the molecule is COc1ccc2cc1Oc1cc(ccc1O)CCC(=O)N[C@@H]1CN(C(=O)c3cc[nH]c3)C[C@@H]21. The van der Waals surface area contributed by atoms with Crippen molar-refractivity contribution in [3.8, 4) is 23.0 Å². The maximum Gasteiger partial charge on any atom is 0.255 e. The van der Waals surface area contributed by atoms with Crippen LogP contribution < -0.4 is 14.8 Å². The number of methoxy groups -OCH3 is 1. The lowest BCUT2D eigenvalue weighted by molar-refractivity contribution is -0.121. The predicted molar refractivity (Wildman–Crippen MR) is 121 cm³/mol. The highest BCUT2D eigenvalue weighted by Crippen LogP contribution is 2.40. The summed E-state index contributed by atoms with van der Waals surface area (Å²) in [6, 6.07) is 12.2. The van der Waals surface area contributed by atoms with E-state index in [1.54, 1.807) is 54.7 Å². The molecule has 4 bridgehead atoms. The van der Waals surface area contributed by atoms with E-state index in [0.29, 0.717) is 48.7 Å². The molecule has 1 aromatic heterocycles. The summed E-state index contributed by atoms with van der Waals surface area (Å²) in [6.45, 7) is 0.872. The summed E-state index contributed by atoms with van der Waals surface area (Å²) in [4.78, 5) is 30.5. The van der Waals surface area contributed by atoms with Gasteiger partial charge in [-0.1, -0.05) is 12.1 Å². The molecule has 1 saturated heterocycles. The first kappa shape index (κ1) is 20.9. The molecule has 8 heteroatoms. The van der Waals surface area contributed by atoms with Gasteiger partial charge in [0.2, 0.25) is 5.91 Å². The maximum absolute atomic E-state index is 13.0. The van der Waals surface area contributed by atoms with Crippen LogP contribution in [0.4, 0.5) is 0 Å². The van der Waals surface area contributed by atoms with Crippen LogP contribution in [-0.2, 0) is 11.2 Å². The van der Waals surface area contributed by atoms with Gasteiger partial charge < -0.3 is 29.8 Å². The molecule has 170 valence electrons. The van der Waals surface area contributed by atoms with Crippen molar-refractivity contribution in [3.63, 3.8) is 0 Å². The van der Waals surface area contributed by atoms with Gasteiger partial charge in [0.05, 0.1) is 18.7 Å². The normalized spacial score (nSPS) is 19.9. The number of H-pyrrole nitrogens is 1. The van der Waals surface area contributed by atoms with E-state index < -0.39 is 0 Å². The number of amides is 2. The molecular formula is C25H25N3O5. The molecule has 8 nitrogen and oxygen atoms in total. The number of aromatic hydroxyl groups is 1. The Hall–Kier alpha value is -3.94. The number of aryl methyl sites for hydroxylation is 1. The molecular weight excluding hydrogens is 422 g/mol. The number of aromatic amines is 1. The minimum atomic E-state index is -0.237. The summed E-state index contributed by atoms with van der Waals surface area (Å²) in [5.74, 6) is 1.01. The fraction of sp³-hybridized carbons (Fsp3) is 0.280. The molecule has 3 N–H and O–H groups in total. The summed E-state index contributed by atoms with van der Waals surface area (Å²) in [7, 11) is 1.56. The minimum Gasteiger partial charge on any atom is -0.504 e. The predicted octanol–water partition coefficient (Wildman–Crippen LogP) is 3.19. The molecule has 3 heterocycles.